The smallest absolute Gasteiger partial charge is 0.347 e. The lowest BCUT2D eigenvalue weighted by molar-refractivity contribution is -0.175. The number of hydrogen-bond donors (Lipinski definition) is 2. The molecule has 1 heterocycles. The van der Waals surface area contributed by atoms with Crippen LogP contribution in [-0.2, 0) is 35.1 Å². The highest BCUT2D eigenvalue weighted by Crippen LogP contribution is 2.26. The molecule has 0 spiro atoms. The largest absolute Gasteiger partial charge is 0.495 e. The number of benzene rings is 2. The van der Waals surface area contributed by atoms with E-state index in [2.05, 4.69) is 10.6 Å². The maximum absolute atomic E-state index is 13.4. The maximum atomic E-state index is 13.4. The molecular formula is C35H43ClN2O7. The number of cyclic esters (lactones) is 2. The zero-order chi connectivity index (χ0) is 32.9. The molecule has 45 heavy (non-hydrogen) atoms. The van der Waals surface area contributed by atoms with Crippen LogP contribution in [0.2, 0.25) is 5.02 Å². The highest BCUT2D eigenvalue weighted by Gasteiger charge is 2.31. The van der Waals surface area contributed by atoms with Crippen LogP contribution >= 0.6 is 11.6 Å². The number of halogens is 1. The summed E-state index contributed by atoms with van der Waals surface area (Å²) in [6, 6.07) is 13.9. The van der Waals surface area contributed by atoms with Crippen molar-refractivity contribution in [1.82, 2.24) is 10.6 Å². The van der Waals surface area contributed by atoms with Crippen molar-refractivity contribution in [1.29, 1.82) is 0 Å². The average Bonchev–Trinajstić information content (AvgIpc) is 3.01. The van der Waals surface area contributed by atoms with E-state index in [-0.39, 0.29) is 37.6 Å². The van der Waals surface area contributed by atoms with E-state index in [0.717, 1.165) is 5.56 Å². The van der Waals surface area contributed by atoms with Gasteiger partial charge in [0.25, 0.3) is 0 Å². The molecule has 2 N–H and O–H groups in total. The fraction of sp³-hybridized carbons (Fsp3) is 0.429. The van der Waals surface area contributed by atoms with Gasteiger partial charge in [-0.05, 0) is 41.7 Å². The zero-order valence-electron chi connectivity index (χ0n) is 26.5. The standard InChI is InChI=1S/C35H43ClN2O7/c1-22(2)18-31-35(42)44-29(23(3)14-15-25-10-7-6-8-11-25)12-9-13-32(39)38-28(33(40)37-21-24(4)34(41)45-31)20-26-16-17-30(43-5)27(36)19-26/h6-11,13-17,19,22-24,28-29,31H,12,18,20-21H2,1-5H3,(H,37,40)(H,38,39)/t23-,24-,28-,29?,31+/m1/s1. The third-order valence-corrected chi connectivity index (χ3v) is 7.66. The molecule has 1 unspecified atom stereocenters. The van der Waals surface area contributed by atoms with Crippen molar-refractivity contribution in [2.45, 2.75) is 65.2 Å². The van der Waals surface area contributed by atoms with E-state index in [0.29, 0.717) is 16.3 Å². The van der Waals surface area contributed by atoms with Crippen molar-refractivity contribution in [3.05, 3.63) is 82.9 Å². The van der Waals surface area contributed by atoms with Gasteiger partial charge >= 0.3 is 11.9 Å². The number of carbonyl (C=O) groups excluding carboxylic acids is 4. The van der Waals surface area contributed by atoms with Crippen LogP contribution in [0.15, 0.2) is 66.8 Å². The molecule has 10 heteroatoms. The van der Waals surface area contributed by atoms with E-state index in [1.54, 1.807) is 31.2 Å². The molecule has 0 aromatic heterocycles. The van der Waals surface area contributed by atoms with Gasteiger partial charge in [0, 0.05) is 25.3 Å². The van der Waals surface area contributed by atoms with Crippen molar-refractivity contribution < 1.29 is 33.4 Å². The highest BCUT2D eigenvalue weighted by atomic mass is 35.5. The quantitative estimate of drug-likeness (QED) is 0.376. The van der Waals surface area contributed by atoms with Crippen LogP contribution in [0.25, 0.3) is 6.08 Å². The molecule has 9 nitrogen and oxygen atoms in total. The van der Waals surface area contributed by atoms with Crippen molar-refractivity contribution >= 4 is 41.4 Å². The summed E-state index contributed by atoms with van der Waals surface area (Å²) in [6.45, 7) is 7.29. The summed E-state index contributed by atoms with van der Waals surface area (Å²) < 4.78 is 16.8. The number of amides is 2. The van der Waals surface area contributed by atoms with Gasteiger partial charge in [-0.1, -0.05) is 93.9 Å². The normalized spacial score (nSPS) is 22.8. The van der Waals surface area contributed by atoms with Crippen LogP contribution in [-0.4, -0.2) is 55.7 Å². The molecule has 0 fully saturated rings. The first-order valence-corrected chi connectivity index (χ1v) is 15.6. The number of hydrogen-bond acceptors (Lipinski definition) is 7. The van der Waals surface area contributed by atoms with Crippen LogP contribution in [0.1, 0.15) is 51.7 Å². The van der Waals surface area contributed by atoms with Crippen LogP contribution in [0.3, 0.4) is 0 Å². The fourth-order valence-corrected chi connectivity index (χ4v) is 4.97. The van der Waals surface area contributed by atoms with E-state index in [9.17, 15) is 19.2 Å². The number of carbonyl (C=O) groups is 4. The van der Waals surface area contributed by atoms with Gasteiger partial charge in [0.05, 0.1) is 18.1 Å². The molecule has 0 saturated heterocycles. The summed E-state index contributed by atoms with van der Waals surface area (Å²) in [5.41, 5.74) is 1.69. The first kappa shape index (κ1) is 35.4. The van der Waals surface area contributed by atoms with Gasteiger partial charge in [-0.25, -0.2) is 4.79 Å². The number of methoxy groups -OCH3 is 1. The second-order valence-electron chi connectivity index (χ2n) is 11.7. The SMILES string of the molecule is COc1ccc(C[C@H]2NC(=O)C=CCC([C@H](C)C=Cc3ccccc3)OC(=O)[C@H](CC(C)C)OC(=O)[C@H](C)CNC2=O)cc1Cl. The van der Waals surface area contributed by atoms with Crippen molar-refractivity contribution in [3.63, 3.8) is 0 Å². The van der Waals surface area contributed by atoms with E-state index in [4.69, 9.17) is 25.8 Å². The number of nitrogens with one attached hydrogen (secondary N) is 2. The topological polar surface area (TPSA) is 120 Å². The molecule has 3 rings (SSSR count). The van der Waals surface area contributed by atoms with E-state index in [1.165, 1.54) is 13.2 Å². The second kappa shape index (κ2) is 17.4. The highest BCUT2D eigenvalue weighted by molar-refractivity contribution is 6.32. The third-order valence-electron chi connectivity index (χ3n) is 7.36. The lowest BCUT2D eigenvalue weighted by atomic mass is 9.99. The molecule has 2 amide bonds. The number of rotatable bonds is 8. The minimum atomic E-state index is -1.11. The lowest BCUT2D eigenvalue weighted by Crippen LogP contribution is -2.49. The van der Waals surface area contributed by atoms with Crippen LogP contribution in [0, 0.1) is 17.8 Å². The molecule has 5 atom stereocenters. The molecular weight excluding hydrogens is 596 g/mol. The van der Waals surface area contributed by atoms with Crippen molar-refractivity contribution in [3.8, 4) is 5.75 Å². The van der Waals surface area contributed by atoms with Crippen LogP contribution < -0.4 is 15.4 Å². The first-order valence-electron chi connectivity index (χ1n) is 15.2. The molecule has 0 radical (unpaired) electrons. The van der Waals surface area contributed by atoms with Crippen LogP contribution in [0.4, 0.5) is 0 Å². The Kier molecular flexibility index (Phi) is 13.7. The Morgan fingerprint density at radius 1 is 1.02 bits per heavy atom. The van der Waals surface area contributed by atoms with Gasteiger partial charge in [-0.15, -0.1) is 0 Å². The van der Waals surface area contributed by atoms with Gasteiger partial charge in [-0.3, -0.25) is 14.4 Å². The van der Waals surface area contributed by atoms with E-state index in [1.807, 2.05) is 63.3 Å². The van der Waals surface area contributed by atoms with Gasteiger partial charge in [0.1, 0.15) is 17.9 Å². The molecule has 0 saturated carbocycles. The predicted octanol–water partition coefficient (Wildman–Crippen LogP) is 5.31. The second-order valence-corrected chi connectivity index (χ2v) is 12.1. The summed E-state index contributed by atoms with van der Waals surface area (Å²) in [5, 5.41) is 5.85. The first-order chi connectivity index (χ1) is 21.5. The summed E-state index contributed by atoms with van der Waals surface area (Å²) in [4.78, 5) is 52.7. The van der Waals surface area contributed by atoms with Gasteiger partial charge in [-0.2, -0.15) is 0 Å². The Hall–Kier alpha value is -4.11. The zero-order valence-corrected chi connectivity index (χ0v) is 27.2. The summed E-state index contributed by atoms with van der Waals surface area (Å²) in [7, 11) is 1.51. The van der Waals surface area contributed by atoms with Gasteiger partial charge in [0.15, 0.2) is 6.10 Å². The molecule has 0 bridgehead atoms. The minimum absolute atomic E-state index is 0.0422. The molecule has 242 valence electrons. The average molecular weight is 639 g/mol. The van der Waals surface area contributed by atoms with E-state index >= 15 is 0 Å². The summed E-state index contributed by atoms with van der Waals surface area (Å²) >= 11 is 6.29. The predicted molar refractivity (Wildman–Crippen MR) is 173 cm³/mol. The Bertz CT molecular complexity index is 1380. The van der Waals surface area contributed by atoms with Gasteiger partial charge < -0.3 is 24.8 Å². The number of esters is 2. The molecule has 1 aliphatic heterocycles. The van der Waals surface area contributed by atoms with Gasteiger partial charge in [0.2, 0.25) is 11.8 Å². The van der Waals surface area contributed by atoms with Crippen LogP contribution in [0.5, 0.6) is 5.75 Å². The summed E-state index contributed by atoms with van der Waals surface area (Å²) in [5.74, 6) is -2.74. The Morgan fingerprint density at radius 3 is 2.42 bits per heavy atom. The van der Waals surface area contributed by atoms with Crippen molar-refractivity contribution in [2.24, 2.45) is 17.8 Å². The molecule has 2 aromatic carbocycles. The van der Waals surface area contributed by atoms with Crippen molar-refractivity contribution in [2.75, 3.05) is 13.7 Å². The third kappa shape index (κ3) is 11.4. The lowest BCUT2D eigenvalue weighted by Gasteiger charge is -2.26. The molecule has 2 aromatic rings. The Labute approximate surface area is 270 Å². The van der Waals surface area contributed by atoms with E-state index < -0.39 is 47.9 Å². The minimum Gasteiger partial charge on any atom is -0.495 e. The summed E-state index contributed by atoms with van der Waals surface area (Å²) in [6.07, 6.45) is 5.68. The monoisotopic (exact) mass is 638 g/mol. The Morgan fingerprint density at radius 2 is 1.76 bits per heavy atom. The maximum Gasteiger partial charge on any atom is 0.347 e. The Balaban J connectivity index is 1.89. The fourth-order valence-electron chi connectivity index (χ4n) is 4.69. The number of ether oxygens (including phenoxy) is 3. The molecule has 0 aliphatic carbocycles. The molecule has 1 aliphatic rings.